The van der Waals surface area contributed by atoms with E-state index < -0.39 is 0 Å². The monoisotopic (exact) mass is 401 g/mol. The van der Waals surface area contributed by atoms with Gasteiger partial charge in [0.15, 0.2) is 11.5 Å². The van der Waals surface area contributed by atoms with E-state index in [0.29, 0.717) is 12.4 Å². The molecule has 0 atom stereocenters. The number of nitrogens with two attached hydrogens (primary N) is 1. The van der Waals surface area contributed by atoms with Gasteiger partial charge in [-0.25, -0.2) is 0 Å². The van der Waals surface area contributed by atoms with Crippen molar-refractivity contribution in [3.63, 3.8) is 0 Å². The largest absolute Gasteiger partial charge is 0.493 e. The SMILES string of the molecule is COc1cc(C=NN)cc(-c2ccccc2)c1OCCN1CCc2ccccc2C1. The summed E-state index contributed by atoms with van der Waals surface area (Å²) in [5.41, 5.74) is 5.77. The molecule has 1 aliphatic heterocycles. The molecule has 3 aromatic rings. The van der Waals surface area contributed by atoms with Gasteiger partial charge in [0.25, 0.3) is 0 Å². The summed E-state index contributed by atoms with van der Waals surface area (Å²) in [4.78, 5) is 2.44. The Balaban J connectivity index is 1.53. The molecule has 0 amide bonds. The highest BCUT2D eigenvalue weighted by atomic mass is 16.5. The molecule has 4 rings (SSSR count). The quantitative estimate of drug-likeness (QED) is 0.368. The smallest absolute Gasteiger partial charge is 0.169 e. The number of hydrogen-bond acceptors (Lipinski definition) is 5. The second kappa shape index (κ2) is 9.46. The highest BCUT2D eigenvalue weighted by Crippen LogP contribution is 2.39. The topological polar surface area (TPSA) is 60.1 Å². The molecule has 154 valence electrons. The average molecular weight is 402 g/mol. The summed E-state index contributed by atoms with van der Waals surface area (Å²) in [5.74, 6) is 6.79. The summed E-state index contributed by atoms with van der Waals surface area (Å²) >= 11 is 0. The van der Waals surface area contributed by atoms with E-state index in [0.717, 1.165) is 48.5 Å². The van der Waals surface area contributed by atoms with Crippen molar-refractivity contribution < 1.29 is 9.47 Å². The van der Waals surface area contributed by atoms with Gasteiger partial charge in [0.1, 0.15) is 6.61 Å². The third-order valence-corrected chi connectivity index (χ3v) is 5.47. The second-order valence-electron chi connectivity index (χ2n) is 7.39. The minimum atomic E-state index is 0.586. The zero-order valence-electron chi connectivity index (χ0n) is 17.3. The Kier molecular flexibility index (Phi) is 6.30. The number of hydrazone groups is 1. The number of fused-ring (bicyclic) bond motifs is 1. The summed E-state index contributed by atoms with van der Waals surface area (Å²) < 4.78 is 11.9. The van der Waals surface area contributed by atoms with Crippen molar-refractivity contribution in [2.24, 2.45) is 10.9 Å². The third-order valence-electron chi connectivity index (χ3n) is 5.47. The Morgan fingerprint density at radius 3 is 2.57 bits per heavy atom. The minimum Gasteiger partial charge on any atom is -0.493 e. The van der Waals surface area contributed by atoms with Crippen LogP contribution in [0, 0.1) is 0 Å². The fraction of sp³-hybridized carbons (Fsp3) is 0.240. The molecular formula is C25H27N3O2. The molecule has 5 nitrogen and oxygen atoms in total. The lowest BCUT2D eigenvalue weighted by atomic mass is 10.00. The van der Waals surface area contributed by atoms with Crippen LogP contribution in [0.3, 0.4) is 0 Å². The minimum absolute atomic E-state index is 0.586. The van der Waals surface area contributed by atoms with Crippen LogP contribution in [0.4, 0.5) is 0 Å². The van der Waals surface area contributed by atoms with E-state index >= 15 is 0 Å². The van der Waals surface area contributed by atoms with E-state index in [1.807, 2.05) is 30.3 Å². The molecule has 1 aliphatic rings. The van der Waals surface area contributed by atoms with E-state index in [1.165, 1.54) is 11.1 Å². The maximum atomic E-state index is 6.30. The molecule has 0 saturated heterocycles. The summed E-state index contributed by atoms with van der Waals surface area (Å²) in [6.07, 6.45) is 2.70. The van der Waals surface area contributed by atoms with Crippen LogP contribution in [0.2, 0.25) is 0 Å². The zero-order valence-corrected chi connectivity index (χ0v) is 17.3. The van der Waals surface area contributed by atoms with E-state index in [-0.39, 0.29) is 0 Å². The number of benzene rings is 3. The van der Waals surface area contributed by atoms with Gasteiger partial charge in [-0.1, -0.05) is 54.6 Å². The van der Waals surface area contributed by atoms with Crippen LogP contribution in [0.25, 0.3) is 11.1 Å². The highest BCUT2D eigenvalue weighted by Gasteiger charge is 2.18. The van der Waals surface area contributed by atoms with Crippen LogP contribution >= 0.6 is 0 Å². The first-order valence-corrected chi connectivity index (χ1v) is 10.2. The molecule has 0 bridgehead atoms. The molecular weight excluding hydrogens is 374 g/mol. The molecule has 0 radical (unpaired) electrons. The number of hydrogen-bond donors (Lipinski definition) is 1. The fourth-order valence-corrected chi connectivity index (χ4v) is 3.94. The third kappa shape index (κ3) is 4.47. The first kappa shape index (κ1) is 20.0. The van der Waals surface area contributed by atoms with Crippen LogP contribution in [0.1, 0.15) is 16.7 Å². The number of ether oxygens (including phenoxy) is 2. The number of methoxy groups -OCH3 is 1. The molecule has 5 heteroatoms. The fourth-order valence-electron chi connectivity index (χ4n) is 3.94. The summed E-state index contributed by atoms with van der Waals surface area (Å²) in [6, 6.07) is 22.8. The van der Waals surface area contributed by atoms with Crippen molar-refractivity contribution in [3.05, 3.63) is 83.4 Å². The Morgan fingerprint density at radius 1 is 1.03 bits per heavy atom. The van der Waals surface area contributed by atoms with Crippen LogP contribution in [-0.2, 0) is 13.0 Å². The van der Waals surface area contributed by atoms with Crippen molar-refractivity contribution in [1.82, 2.24) is 4.90 Å². The lowest BCUT2D eigenvalue weighted by Crippen LogP contribution is -2.33. The molecule has 0 saturated carbocycles. The van der Waals surface area contributed by atoms with E-state index in [1.54, 1.807) is 13.3 Å². The van der Waals surface area contributed by atoms with Gasteiger partial charge in [-0.05, 0) is 40.8 Å². The molecule has 30 heavy (non-hydrogen) atoms. The van der Waals surface area contributed by atoms with Gasteiger partial charge in [0, 0.05) is 25.2 Å². The number of nitrogens with zero attached hydrogens (tertiary/aromatic N) is 2. The summed E-state index contributed by atoms with van der Waals surface area (Å²) in [6.45, 7) is 3.46. The van der Waals surface area contributed by atoms with Crippen molar-refractivity contribution in [1.29, 1.82) is 0 Å². The van der Waals surface area contributed by atoms with Gasteiger partial charge < -0.3 is 15.3 Å². The first-order valence-electron chi connectivity index (χ1n) is 10.2. The van der Waals surface area contributed by atoms with Gasteiger partial charge >= 0.3 is 0 Å². The lowest BCUT2D eigenvalue weighted by molar-refractivity contribution is 0.193. The molecule has 2 N–H and O–H groups in total. The first-order chi connectivity index (χ1) is 14.8. The van der Waals surface area contributed by atoms with E-state index in [9.17, 15) is 0 Å². The van der Waals surface area contributed by atoms with Crippen LogP contribution in [0.5, 0.6) is 11.5 Å². The predicted octanol–water partition coefficient (Wildman–Crippen LogP) is 4.09. The normalized spacial score (nSPS) is 13.9. The molecule has 0 spiro atoms. The van der Waals surface area contributed by atoms with E-state index in [2.05, 4.69) is 46.4 Å². The molecule has 0 aliphatic carbocycles. The Bertz CT molecular complexity index is 1020. The molecule has 1 heterocycles. The van der Waals surface area contributed by atoms with Crippen LogP contribution < -0.4 is 15.3 Å². The summed E-state index contributed by atoms with van der Waals surface area (Å²) in [5, 5.41) is 3.66. The standard InChI is InChI=1S/C25H27N3O2/c1-29-24-16-19(17-27-26)15-23(21-8-3-2-4-9-21)25(24)30-14-13-28-12-11-20-7-5-6-10-22(20)18-28/h2-10,15-17H,11-14,18,26H2,1H3. The van der Waals surface area contributed by atoms with Crippen molar-refractivity contribution in [2.75, 3.05) is 26.8 Å². The Hall–Kier alpha value is -3.31. The van der Waals surface area contributed by atoms with E-state index in [4.69, 9.17) is 15.3 Å². The van der Waals surface area contributed by atoms with Gasteiger partial charge in [-0.2, -0.15) is 5.10 Å². The van der Waals surface area contributed by atoms with Gasteiger partial charge in [0.05, 0.1) is 13.3 Å². The zero-order chi connectivity index (χ0) is 20.8. The molecule has 0 unspecified atom stereocenters. The van der Waals surface area contributed by atoms with Gasteiger partial charge in [-0.15, -0.1) is 0 Å². The summed E-state index contributed by atoms with van der Waals surface area (Å²) in [7, 11) is 1.65. The van der Waals surface area contributed by atoms with Crippen LogP contribution in [0.15, 0.2) is 71.8 Å². The van der Waals surface area contributed by atoms with Crippen molar-refractivity contribution in [3.8, 4) is 22.6 Å². The second-order valence-corrected chi connectivity index (χ2v) is 7.39. The van der Waals surface area contributed by atoms with Gasteiger partial charge in [0.2, 0.25) is 0 Å². The molecule has 0 aromatic heterocycles. The average Bonchev–Trinajstić information content (AvgIpc) is 2.80. The van der Waals surface area contributed by atoms with Crippen LogP contribution in [-0.4, -0.2) is 37.9 Å². The maximum absolute atomic E-state index is 6.30. The number of rotatable bonds is 7. The van der Waals surface area contributed by atoms with Crippen molar-refractivity contribution in [2.45, 2.75) is 13.0 Å². The highest BCUT2D eigenvalue weighted by molar-refractivity contribution is 5.86. The van der Waals surface area contributed by atoms with Gasteiger partial charge in [-0.3, -0.25) is 4.90 Å². The Labute approximate surface area is 177 Å². The predicted molar refractivity (Wildman–Crippen MR) is 121 cm³/mol. The lowest BCUT2D eigenvalue weighted by Gasteiger charge is -2.28. The molecule has 3 aromatic carbocycles. The molecule has 0 fully saturated rings. The Morgan fingerprint density at radius 2 is 1.80 bits per heavy atom. The maximum Gasteiger partial charge on any atom is 0.169 e. The van der Waals surface area contributed by atoms with Crippen molar-refractivity contribution >= 4 is 6.21 Å².